The molecule has 0 radical (unpaired) electrons. The maximum Gasteiger partial charge on any atom is 0.243 e. The summed E-state index contributed by atoms with van der Waals surface area (Å²) in [4.78, 5) is -0.248. The van der Waals surface area contributed by atoms with Crippen LogP contribution in [-0.2, 0) is 19.9 Å². The molecule has 1 heterocycles. The monoisotopic (exact) mass is 336 g/mol. The van der Waals surface area contributed by atoms with Crippen LogP contribution in [0.25, 0.3) is 0 Å². The van der Waals surface area contributed by atoms with Crippen LogP contribution in [0.5, 0.6) is 0 Å². The lowest BCUT2D eigenvalue weighted by Crippen LogP contribution is -2.33. The second-order valence-electron chi connectivity index (χ2n) is 5.03. The molecule has 1 fully saturated rings. The highest BCUT2D eigenvalue weighted by molar-refractivity contribution is 7.91. The van der Waals surface area contributed by atoms with Crippen LogP contribution in [0, 0.1) is 12.7 Å². The van der Waals surface area contributed by atoms with Crippen molar-refractivity contribution in [3.63, 3.8) is 0 Å². The summed E-state index contributed by atoms with van der Waals surface area (Å²) >= 11 is 0. The number of hydrogen-bond donors (Lipinski definition) is 1. The molecule has 9 heteroatoms. The molecule has 0 aliphatic carbocycles. The van der Waals surface area contributed by atoms with E-state index in [0.29, 0.717) is 0 Å². The molecule has 6 nitrogen and oxygen atoms in total. The van der Waals surface area contributed by atoms with E-state index in [1.807, 2.05) is 0 Å². The highest BCUT2D eigenvalue weighted by atomic mass is 32.2. The Labute approximate surface area is 123 Å². The van der Waals surface area contributed by atoms with Gasteiger partial charge in [-0.05, 0) is 25.5 Å². The first-order chi connectivity index (χ1) is 9.63. The molecule has 1 saturated heterocycles. The first kappa shape index (κ1) is 16.2. The quantitative estimate of drug-likeness (QED) is 0.794. The van der Waals surface area contributed by atoms with Gasteiger partial charge in [0.2, 0.25) is 10.0 Å². The van der Waals surface area contributed by atoms with E-state index in [2.05, 4.69) is 0 Å². The molecule has 118 valence electrons. The molecule has 0 amide bonds. The number of rotatable bonds is 2. The number of nitrogen functional groups attached to an aromatic ring is 1. The van der Waals surface area contributed by atoms with Crippen molar-refractivity contribution in [3.8, 4) is 0 Å². The van der Waals surface area contributed by atoms with Gasteiger partial charge in [-0.1, -0.05) is 0 Å². The lowest BCUT2D eigenvalue weighted by atomic mass is 10.2. The molecule has 0 bridgehead atoms. The number of nitrogens with two attached hydrogens (primary N) is 1. The molecule has 0 spiro atoms. The van der Waals surface area contributed by atoms with E-state index in [9.17, 15) is 21.2 Å². The molecule has 0 aromatic heterocycles. The Kier molecular flexibility index (Phi) is 4.27. The number of hydrogen-bond acceptors (Lipinski definition) is 5. The first-order valence-corrected chi connectivity index (χ1v) is 9.66. The maximum atomic E-state index is 13.7. The predicted molar refractivity (Wildman–Crippen MR) is 77.6 cm³/mol. The maximum absolute atomic E-state index is 13.7. The highest BCUT2D eigenvalue weighted by Gasteiger charge is 2.29. The van der Waals surface area contributed by atoms with E-state index in [0.717, 1.165) is 10.4 Å². The SMILES string of the molecule is Cc1c(N)cc(S(=O)(=O)N2CCCS(=O)(=O)CC2)cc1F. The third-order valence-corrected chi connectivity index (χ3v) is 7.10. The summed E-state index contributed by atoms with van der Waals surface area (Å²) in [7, 11) is -7.17. The summed E-state index contributed by atoms with van der Waals surface area (Å²) in [5.41, 5.74) is 5.84. The molecule has 1 aromatic rings. The van der Waals surface area contributed by atoms with Crippen molar-refractivity contribution < 1.29 is 21.2 Å². The Morgan fingerprint density at radius 1 is 1.24 bits per heavy atom. The molecule has 0 unspecified atom stereocenters. The molecule has 0 saturated carbocycles. The molecular formula is C12H17FN2O4S2. The van der Waals surface area contributed by atoms with Crippen LogP contribution in [-0.4, -0.2) is 45.7 Å². The lowest BCUT2D eigenvalue weighted by molar-refractivity contribution is 0.434. The minimum Gasteiger partial charge on any atom is -0.398 e. The van der Waals surface area contributed by atoms with E-state index >= 15 is 0 Å². The van der Waals surface area contributed by atoms with Gasteiger partial charge in [0, 0.05) is 24.3 Å². The summed E-state index contributed by atoms with van der Waals surface area (Å²) in [6, 6.07) is 2.12. The van der Waals surface area contributed by atoms with Gasteiger partial charge in [-0.15, -0.1) is 0 Å². The van der Waals surface area contributed by atoms with E-state index < -0.39 is 25.7 Å². The van der Waals surface area contributed by atoms with Crippen LogP contribution in [0.4, 0.5) is 10.1 Å². The summed E-state index contributed by atoms with van der Waals surface area (Å²) in [5, 5.41) is 0. The summed E-state index contributed by atoms with van der Waals surface area (Å²) in [6.07, 6.45) is 0.228. The minimum atomic E-state index is -3.95. The minimum absolute atomic E-state index is 0.0383. The van der Waals surface area contributed by atoms with Crippen molar-refractivity contribution in [2.24, 2.45) is 0 Å². The van der Waals surface area contributed by atoms with Crippen molar-refractivity contribution in [3.05, 3.63) is 23.5 Å². The Hall–Kier alpha value is -1.19. The Balaban J connectivity index is 2.38. The number of benzene rings is 1. The fourth-order valence-electron chi connectivity index (χ4n) is 2.13. The van der Waals surface area contributed by atoms with Gasteiger partial charge < -0.3 is 5.73 Å². The molecular weight excluding hydrogens is 319 g/mol. The van der Waals surface area contributed by atoms with Gasteiger partial charge >= 0.3 is 0 Å². The summed E-state index contributed by atoms with van der Waals surface area (Å²) < 4.78 is 62.8. The second-order valence-corrected chi connectivity index (χ2v) is 9.27. The highest BCUT2D eigenvalue weighted by Crippen LogP contribution is 2.24. The summed E-state index contributed by atoms with van der Waals surface area (Å²) in [5.74, 6) is -0.963. The average Bonchev–Trinajstić information content (AvgIpc) is 2.56. The first-order valence-electron chi connectivity index (χ1n) is 6.40. The van der Waals surface area contributed by atoms with Crippen molar-refractivity contribution in [2.75, 3.05) is 30.3 Å². The van der Waals surface area contributed by atoms with Gasteiger partial charge in [-0.25, -0.2) is 21.2 Å². The van der Waals surface area contributed by atoms with E-state index in [1.165, 1.54) is 13.0 Å². The number of sulfonamides is 1. The van der Waals surface area contributed by atoms with E-state index in [1.54, 1.807) is 0 Å². The normalized spacial score (nSPS) is 20.1. The molecule has 1 aliphatic rings. The standard InChI is InChI=1S/C12H17FN2O4S2/c1-9-11(13)7-10(8-12(9)14)21(18,19)15-3-2-5-20(16,17)6-4-15/h7-8H,2-6,14H2,1H3. The van der Waals surface area contributed by atoms with Gasteiger partial charge in [0.25, 0.3) is 0 Å². The average molecular weight is 336 g/mol. The number of nitrogens with zero attached hydrogens (tertiary/aromatic N) is 1. The van der Waals surface area contributed by atoms with Gasteiger partial charge in [-0.2, -0.15) is 4.31 Å². The predicted octanol–water partition coefficient (Wildman–Crippen LogP) is 0.526. The number of halogens is 1. The van der Waals surface area contributed by atoms with Crippen LogP contribution in [0.1, 0.15) is 12.0 Å². The number of anilines is 1. The van der Waals surface area contributed by atoms with Crippen LogP contribution in [0.3, 0.4) is 0 Å². The molecule has 1 aromatic carbocycles. The van der Waals surface area contributed by atoms with Crippen molar-refractivity contribution >= 4 is 25.5 Å². The molecule has 2 rings (SSSR count). The van der Waals surface area contributed by atoms with Crippen molar-refractivity contribution in [1.29, 1.82) is 0 Å². The zero-order chi connectivity index (χ0) is 15.8. The topological polar surface area (TPSA) is 97.5 Å². The van der Waals surface area contributed by atoms with Crippen molar-refractivity contribution in [1.82, 2.24) is 4.31 Å². The van der Waals surface area contributed by atoms with Gasteiger partial charge in [0.15, 0.2) is 9.84 Å². The fourth-order valence-corrected chi connectivity index (χ4v) is 5.04. The molecule has 0 atom stereocenters. The van der Waals surface area contributed by atoms with Gasteiger partial charge in [-0.3, -0.25) is 0 Å². The zero-order valence-electron chi connectivity index (χ0n) is 11.5. The molecule has 21 heavy (non-hydrogen) atoms. The lowest BCUT2D eigenvalue weighted by Gasteiger charge is -2.20. The summed E-state index contributed by atoms with van der Waals surface area (Å²) in [6.45, 7) is 1.43. The van der Waals surface area contributed by atoms with Gasteiger partial charge in [0.05, 0.1) is 16.4 Å². The molecule has 1 aliphatic heterocycles. The van der Waals surface area contributed by atoms with Crippen molar-refractivity contribution in [2.45, 2.75) is 18.2 Å². The van der Waals surface area contributed by atoms with Crippen LogP contribution in [0.2, 0.25) is 0 Å². The Morgan fingerprint density at radius 2 is 1.90 bits per heavy atom. The van der Waals surface area contributed by atoms with Crippen LogP contribution >= 0.6 is 0 Å². The largest absolute Gasteiger partial charge is 0.398 e. The second kappa shape index (κ2) is 5.54. The Bertz CT molecular complexity index is 736. The number of sulfone groups is 1. The van der Waals surface area contributed by atoms with E-state index in [-0.39, 0.29) is 47.2 Å². The van der Waals surface area contributed by atoms with E-state index in [4.69, 9.17) is 5.73 Å². The van der Waals surface area contributed by atoms with Crippen LogP contribution in [0.15, 0.2) is 17.0 Å². The smallest absolute Gasteiger partial charge is 0.243 e. The van der Waals surface area contributed by atoms with Crippen LogP contribution < -0.4 is 5.73 Å². The zero-order valence-corrected chi connectivity index (χ0v) is 13.2. The third kappa shape index (κ3) is 3.35. The third-order valence-electron chi connectivity index (χ3n) is 3.51. The molecule has 2 N–H and O–H groups in total. The van der Waals surface area contributed by atoms with Gasteiger partial charge in [0.1, 0.15) is 5.82 Å². The Morgan fingerprint density at radius 3 is 2.52 bits per heavy atom. The fraction of sp³-hybridized carbons (Fsp3) is 0.500.